The van der Waals surface area contributed by atoms with Crippen LogP contribution in [0.1, 0.15) is 45.2 Å². The summed E-state index contributed by atoms with van der Waals surface area (Å²) in [6.45, 7) is 5.66. The first-order valence-electron chi connectivity index (χ1n) is 13.4. The third-order valence-corrected chi connectivity index (χ3v) is 6.39. The molecule has 0 unspecified atom stereocenters. The molecule has 12 heteroatoms. The second-order valence-electron chi connectivity index (χ2n) is 9.95. The van der Waals surface area contributed by atoms with Gasteiger partial charge in [0.05, 0.1) is 25.9 Å². The summed E-state index contributed by atoms with van der Waals surface area (Å²) in [4.78, 5) is 30.0. The Morgan fingerprint density at radius 3 is 2.29 bits per heavy atom. The molecule has 0 fully saturated rings. The van der Waals surface area contributed by atoms with Crippen molar-refractivity contribution in [2.24, 2.45) is 5.92 Å². The van der Waals surface area contributed by atoms with Crippen LogP contribution < -0.4 is 25.4 Å². The summed E-state index contributed by atoms with van der Waals surface area (Å²) < 4.78 is 52.9. The average molecular weight is 583 g/mol. The molecule has 0 heterocycles. The van der Waals surface area contributed by atoms with Gasteiger partial charge in [0.25, 0.3) is 5.91 Å². The molecule has 0 aliphatic carbocycles. The highest BCUT2D eigenvalue weighted by Gasteiger charge is 2.43. The molecule has 0 aliphatic rings. The molecule has 0 spiro atoms. The van der Waals surface area contributed by atoms with Crippen molar-refractivity contribution < 1.29 is 37.1 Å². The molecular weight excluding hydrogens is 541 g/mol. The van der Waals surface area contributed by atoms with Crippen LogP contribution in [-0.2, 0) is 14.4 Å². The van der Waals surface area contributed by atoms with Gasteiger partial charge in [0.2, 0.25) is 5.91 Å². The van der Waals surface area contributed by atoms with Crippen LogP contribution in [0.2, 0.25) is 0 Å². The molecule has 2 rings (SSSR count). The summed E-state index contributed by atoms with van der Waals surface area (Å²) in [6.07, 6.45) is -3.82. The van der Waals surface area contributed by atoms with Gasteiger partial charge in [0.15, 0.2) is 6.61 Å². The number of rotatable bonds is 16. The number of carbonyl (C=O) groups is 2. The summed E-state index contributed by atoms with van der Waals surface area (Å²) >= 11 is 0. The van der Waals surface area contributed by atoms with Crippen LogP contribution in [-0.4, -0.2) is 69.6 Å². The number of benzene rings is 2. The largest absolute Gasteiger partial charge is 0.494 e. The van der Waals surface area contributed by atoms with Gasteiger partial charge in [-0.25, -0.2) is 5.06 Å². The molecule has 0 aromatic heterocycles. The van der Waals surface area contributed by atoms with Crippen molar-refractivity contribution in [3.63, 3.8) is 0 Å². The van der Waals surface area contributed by atoms with Gasteiger partial charge in [-0.15, -0.1) is 0 Å². The normalized spacial score (nSPS) is 13.7. The lowest BCUT2D eigenvalue weighted by Crippen LogP contribution is -2.52. The van der Waals surface area contributed by atoms with Crippen molar-refractivity contribution in [3.8, 4) is 11.5 Å². The van der Waals surface area contributed by atoms with E-state index in [2.05, 4.69) is 16.0 Å². The predicted molar refractivity (Wildman–Crippen MR) is 151 cm³/mol. The lowest BCUT2D eigenvalue weighted by molar-refractivity contribution is -0.170. The minimum atomic E-state index is -4.58. The first-order valence-corrected chi connectivity index (χ1v) is 13.4. The van der Waals surface area contributed by atoms with Gasteiger partial charge < -0.3 is 20.1 Å². The number of carbonyl (C=O) groups excluding carboxylic acids is 2. The molecule has 2 amide bonds. The maximum absolute atomic E-state index is 14.0. The highest BCUT2D eigenvalue weighted by molar-refractivity contribution is 5.82. The minimum absolute atomic E-state index is 0.0173. The van der Waals surface area contributed by atoms with Gasteiger partial charge in [-0.3, -0.25) is 19.7 Å². The third-order valence-electron chi connectivity index (χ3n) is 6.39. The summed E-state index contributed by atoms with van der Waals surface area (Å²) in [5.74, 6) is -0.0293. The molecule has 0 saturated carbocycles. The van der Waals surface area contributed by atoms with E-state index in [1.165, 1.54) is 33.4 Å². The van der Waals surface area contributed by atoms with Crippen LogP contribution in [0.25, 0.3) is 0 Å². The molecule has 9 nitrogen and oxygen atoms in total. The number of nitrogens with zero attached hydrogens (tertiary/aromatic N) is 1. The number of hydrogen-bond donors (Lipinski definition) is 3. The molecule has 2 aromatic carbocycles. The standard InChI is InChI=1S/C29H41F3N4O5/c1-7-21(17-33-23-14-13-22(16-25(23)39-5)41-18-26(37)36(4)40-6)34-28(38)24(15-19(2)3)35-27(29(30,31)32)20-11-9-8-10-12-20/h8-14,16,19,21,24,27,33,35H,7,15,17-18H2,1-6H3,(H,34,38)/t21-,24-,27-/m0/s1. The summed E-state index contributed by atoms with van der Waals surface area (Å²) in [7, 11) is 4.33. The van der Waals surface area contributed by atoms with E-state index in [-0.39, 0.29) is 36.5 Å². The Morgan fingerprint density at radius 1 is 1.05 bits per heavy atom. The molecule has 0 aliphatic heterocycles. The Hall–Kier alpha value is -3.51. The van der Waals surface area contributed by atoms with Crippen molar-refractivity contribution in [2.45, 2.75) is 57.9 Å². The minimum Gasteiger partial charge on any atom is -0.494 e. The number of nitrogens with one attached hydrogen (secondary N) is 3. The van der Waals surface area contributed by atoms with Gasteiger partial charge in [-0.2, -0.15) is 13.2 Å². The maximum Gasteiger partial charge on any atom is 0.407 e. The lowest BCUT2D eigenvalue weighted by atomic mass is 9.99. The Labute approximate surface area is 239 Å². The fraction of sp³-hybridized carbons (Fsp3) is 0.517. The van der Waals surface area contributed by atoms with E-state index in [1.54, 1.807) is 36.4 Å². The second-order valence-corrected chi connectivity index (χ2v) is 9.95. The zero-order chi connectivity index (χ0) is 30.6. The zero-order valence-corrected chi connectivity index (χ0v) is 24.4. The number of ether oxygens (including phenoxy) is 2. The first kappa shape index (κ1) is 33.7. The first-order chi connectivity index (χ1) is 19.4. The molecular formula is C29H41F3N4O5. The SMILES string of the molecule is CC[C@@H](CNc1ccc(OCC(=O)N(C)OC)cc1OC)NC(=O)[C@H](CC(C)C)N[C@@H](c1ccccc1)C(F)(F)F. The van der Waals surface area contributed by atoms with Gasteiger partial charge >= 0.3 is 6.18 Å². The van der Waals surface area contributed by atoms with Gasteiger partial charge in [-0.05, 0) is 36.5 Å². The Bertz CT molecular complexity index is 1100. The number of hydroxylamine groups is 2. The van der Waals surface area contributed by atoms with Crippen LogP contribution in [0.3, 0.4) is 0 Å². The number of likely N-dealkylation sites (N-methyl/N-ethyl adjacent to an activating group) is 1. The number of anilines is 1. The Kier molecular flexibility index (Phi) is 13.2. The highest BCUT2D eigenvalue weighted by atomic mass is 19.4. The fourth-order valence-electron chi connectivity index (χ4n) is 4.03. The number of methoxy groups -OCH3 is 1. The van der Waals surface area contributed by atoms with Crippen LogP contribution in [0.5, 0.6) is 11.5 Å². The Balaban J connectivity index is 2.09. The van der Waals surface area contributed by atoms with Gasteiger partial charge in [-0.1, -0.05) is 51.1 Å². The number of hydrogen-bond acceptors (Lipinski definition) is 7. The molecule has 0 radical (unpaired) electrons. The summed E-state index contributed by atoms with van der Waals surface area (Å²) in [5.41, 5.74) is 0.663. The van der Waals surface area contributed by atoms with Gasteiger partial charge in [0, 0.05) is 25.7 Å². The summed E-state index contributed by atoms with van der Waals surface area (Å²) in [6, 6.07) is 9.10. The molecule has 3 N–H and O–H groups in total. The van der Waals surface area contributed by atoms with E-state index in [0.717, 1.165) is 5.06 Å². The molecule has 0 bridgehead atoms. The van der Waals surface area contributed by atoms with Crippen LogP contribution in [0.15, 0.2) is 48.5 Å². The number of halogens is 3. The van der Waals surface area contributed by atoms with E-state index in [1.807, 2.05) is 20.8 Å². The molecule has 0 saturated heterocycles. The maximum atomic E-state index is 14.0. The topological polar surface area (TPSA) is 101 Å². The predicted octanol–water partition coefficient (Wildman–Crippen LogP) is 4.71. The number of alkyl halides is 3. The molecule has 228 valence electrons. The lowest BCUT2D eigenvalue weighted by Gasteiger charge is -2.29. The second kappa shape index (κ2) is 16.1. The molecule has 41 heavy (non-hydrogen) atoms. The van der Waals surface area contributed by atoms with Crippen molar-refractivity contribution in [2.75, 3.05) is 39.7 Å². The van der Waals surface area contributed by atoms with E-state index >= 15 is 0 Å². The van der Waals surface area contributed by atoms with Crippen LogP contribution in [0, 0.1) is 5.92 Å². The van der Waals surface area contributed by atoms with E-state index < -0.39 is 24.2 Å². The number of amides is 2. The van der Waals surface area contributed by atoms with E-state index in [0.29, 0.717) is 30.2 Å². The highest BCUT2D eigenvalue weighted by Crippen LogP contribution is 2.33. The van der Waals surface area contributed by atoms with Crippen molar-refractivity contribution in [3.05, 3.63) is 54.1 Å². The third kappa shape index (κ3) is 10.8. The van der Waals surface area contributed by atoms with Crippen molar-refractivity contribution >= 4 is 17.5 Å². The molecule has 3 atom stereocenters. The molecule has 2 aromatic rings. The van der Waals surface area contributed by atoms with Crippen molar-refractivity contribution in [1.29, 1.82) is 0 Å². The quantitative estimate of drug-likeness (QED) is 0.247. The van der Waals surface area contributed by atoms with Crippen LogP contribution in [0.4, 0.5) is 18.9 Å². The van der Waals surface area contributed by atoms with E-state index in [9.17, 15) is 22.8 Å². The zero-order valence-electron chi connectivity index (χ0n) is 24.4. The summed E-state index contributed by atoms with van der Waals surface area (Å²) in [5, 5.41) is 9.74. The van der Waals surface area contributed by atoms with E-state index in [4.69, 9.17) is 14.3 Å². The van der Waals surface area contributed by atoms with Crippen molar-refractivity contribution in [1.82, 2.24) is 15.7 Å². The fourth-order valence-corrected chi connectivity index (χ4v) is 4.03. The average Bonchev–Trinajstić information content (AvgIpc) is 2.95. The monoisotopic (exact) mass is 582 g/mol. The van der Waals surface area contributed by atoms with Gasteiger partial charge in [0.1, 0.15) is 17.5 Å². The smallest absolute Gasteiger partial charge is 0.407 e. The Morgan fingerprint density at radius 2 is 1.73 bits per heavy atom. The van der Waals surface area contributed by atoms with Crippen LogP contribution >= 0.6 is 0 Å².